The second-order valence-electron chi connectivity index (χ2n) is 4.68. The average molecular weight is 198 g/mol. The van der Waals surface area contributed by atoms with E-state index in [0.29, 0.717) is 0 Å². The van der Waals surface area contributed by atoms with Gasteiger partial charge in [0.2, 0.25) is 0 Å². The summed E-state index contributed by atoms with van der Waals surface area (Å²) in [6.45, 7) is 8.22. The lowest BCUT2D eigenvalue weighted by Gasteiger charge is -2.34. The number of hydrogen-bond donors (Lipinski definition) is 1. The van der Waals surface area contributed by atoms with Crippen molar-refractivity contribution in [1.29, 1.82) is 0 Å². The molecule has 84 valence electrons. The summed E-state index contributed by atoms with van der Waals surface area (Å²) in [4.78, 5) is 2.73. The van der Waals surface area contributed by atoms with Gasteiger partial charge >= 0.3 is 0 Å². The van der Waals surface area contributed by atoms with Crippen LogP contribution in [0.3, 0.4) is 0 Å². The van der Waals surface area contributed by atoms with Crippen LogP contribution >= 0.6 is 0 Å². The smallest absolute Gasteiger partial charge is 0.00988 e. The fourth-order valence-corrected chi connectivity index (χ4v) is 2.80. The molecule has 0 saturated carbocycles. The van der Waals surface area contributed by atoms with Gasteiger partial charge in [-0.3, -0.25) is 4.90 Å². The van der Waals surface area contributed by atoms with E-state index < -0.39 is 0 Å². The predicted octanol–water partition coefficient (Wildman–Crippen LogP) is 2.25. The summed E-state index contributed by atoms with van der Waals surface area (Å²) >= 11 is 0. The molecule has 0 aromatic rings. The minimum Gasteiger partial charge on any atom is -0.320 e. The molecule has 0 spiro atoms. The monoisotopic (exact) mass is 198 g/mol. The van der Waals surface area contributed by atoms with Crippen molar-refractivity contribution in [2.75, 3.05) is 13.6 Å². The van der Waals surface area contributed by atoms with Crippen molar-refractivity contribution >= 4 is 0 Å². The van der Waals surface area contributed by atoms with Crippen molar-refractivity contribution in [1.82, 2.24) is 10.2 Å². The minimum absolute atomic E-state index is 0.741. The predicted molar refractivity (Wildman–Crippen MR) is 62.6 cm³/mol. The van der Waals surface area contributed by atoms with Crippen LogP contribution in [0.25, 0.3) is 0 Å². The van der Waals surface area contributed by atoms with Crippen molar-refractivity contribution in [3.05, 3.63) is 0 Å². The van der Waals surface area contributed by atoms with Gasteiger partial charge in [0.15, 0.2) is 0 Å². The second-order valence-corrected chi connectivity index (χ2v) is 4.68. The Balaban J connectivity index is 2.45. The van der Waals surface area contributed by atoms with Crippen molar-refractivity contribution in [2.24, 2.45) is 0 Å². The molecule has 1 N–H and O–H groups in total. The second kappa shape index (κ2) is 5.72. The van der Waals surface area contributed by atoms with E-state index in [2.05, 4.69) is 31.0 Å². The van der Waals surface area contributed by atoms with Gasteiger partial charge in [-0.25, -0.2) is 0 Å². The highest BCUT2D eigenvalue weighted by molar-refractivity contribution is 4.87. The molecule has 1 aliphatic rings. The van der Waals surface area contributed by atoms with Crippen molar-refractivity contribution < 1.29 is 0 Å². The Morgan fingerprint density at radius 2 is 2.14 bits per heavy atom. The van der Waals surface area contributed by atoms with Gasteiger partial charge in [0.1, 0.15) is 0 Å². The summed E-state index contributed by atoms with van der Waals surface area (Å²) in [5.74, 6) is 0. The molecule has 1 saturated heterocycles. The first-order valence-corrected chi connectivity index (χ1v) is 6.12. The van der Waals surface area contributed by atoms with Gasteiger partial charge < -0.3 is 5.32 Å². The molecule has 1 aliphatic heterocycles. The lowest BCUT2D eigenvalue weighted by atomic mass is 10.1. The number of rotatable bonds is 5. The molecule has 0 aromatic carbocycles. The molecule has 2 nitrogen and oxygen atoms in total. The van der Waals surface area contributed by atoms with E-state index in [0.717, 1.165) is 24.7 Å². The van der Waals surface area contributed by atoms with Crippen LogP contribution in [0.1, 0.15) is 46.5 Å². The van der Waals surface area contributed by atoms with Crippen molar-refractivity contribution in [2.45, 2.75) is 64.6 Å². The molecule has 0 radical (unpaired) electrons. The molecular formula is C12H26N2. The van der Waals surface area contributed by atoms with Gasteiger partial charge in [0.25, 0.3) is 0 Å². The van der Waals surface area contributed by atoms with Crippen LogP contribution in [0.15, 0.2) is 0 Å². The summed E-state index contributed by atoms with van der Waals surface area (Å²) in [6, 6.07) is 2.38. The van der Waals surface area contributed by atoms with E-state index >= 15 is 0 Å². The zero-order valence-electron chi connectivity index (χ0n) is 10.2. The first-order valence-electron chi connectivity index (χ1n) is 6.12. The maximum Gasteiger partial charge on any atom is 0.00988 e. The van der Waals surface area contributed by atoms with E-state index in [-0.39, 0.29) is 0 Å². The normalized spacial score (nSPS) is 30.9. The highest BCUT2D eigenvalue weighted by atomic mass is 15.2. The summed E-state index contributed by atoms with van der Waals surface area (Å²) in [5.41, 5.74) is 0. The lowest BCUT2D eigenvalue weighted by molar-refractivity contribution is 0.137. The SMILES string of the molecule is CCC1CCC(C)N1C(C)CCNC. The number of likely N-dealkylation sites (tertiary alicyclic amines) is 1. The molecule has 3 unspecified atom stereocenters. The highest BCUT2D eigenvalue weighted by Crippen LogP contribution is 2.28. The Labute approximate surface area is 89.1 Å². The summed E-state index contributed by atoms with van der Waals surface area (Å²) < 4.78 is 0. The maximum absolute atomic E-state index is 3.24. The lowest BCUT2D eigenvalue weighted by Crippen LogP contribution is -2.42. The van der Waals surface area contributed by atoms with E-state index in [1.165, 1.54) is 25.7 Å². The first kappa shape index (κ1) is 12.0. The van der Waals surface area contributed by atoms with Gasteiger partial charge in [-0.15, -0.1) is 0 Å². The molecule has 3 atom stereocenters. The van der Waals surface area contributed by atoms with E-state index in [1.54, 1.807) is 0 Å². The van der Waals surface area contributed by atoms with Gasteiger partial charge in [-0.1, -0.05) is 6.92 Å². The standard InChI is InChI=1S/C12H26N2/c1-5-12-7-6-10(2)14(12)11(3)8-9-13-4/h10-13H,5-9H2,1-4H3. The van der Waals surface area contributed by atoms with Crippen LogP contribution in [0, 0.1) is 0 Å². The first-order chi connectivity index (χ1) is 6.70. The maximum atomic E-state index is 3.24. The molecule has 1 heterocycles. The molecule has 2 heteroatoms. The largest absolute Gasteiger partial charge is 0.320 e. The van der Waals surface area contributed by atoms with E-state index in [9.17, 15) is 0 Å². The molecule has 0 aromatic heterocycles. The Morgan fingerprint density at radius 1 is 1.43 bits per heavy atom. The van der Waals surface area contributed by atoms with Crippen LogP contribution in [0.5, 0.6) is 0 Å². The minimum atomic E-state index is 0.741. The summed E-state index contributed by atoms with van der Waals surface area (Å²) in [5, 5.41) is 3.24. The fraction of sp³-hybridized carbons (Fsp3) is 1.00. The van der Waals surface area contributed by atoms with Gasteiger partial charge in [-0.05, 0) is 53.1 Å². The molecular weight excluding hydrogens is 172 g/mol. The Bertz CT molecular complexity index is 158. The molecule has 0 bridgehead atoms. The van der Waals surface area contributed by atoms with Crippen LogP contribution in [0.2, 0.25) is 0 Å². The third kappa shape index (κ3) is 2.71. The summed E-state index contributed by atoms with van der Waals surface area (Å²) in [7, 11) is 2.04. The topological polar surface area (TPSA) is 15.3 Å². The molecule has 1 rings (SSSR count). The molecule has 14 heavy (non-hydrogen) atoms. The fourth-order valence-electron chi connectivity index (χ4n) is 2.80. The van der Waals surface area contributed by atoms with Crippen LogP contribution in [-0.4, -0.2) is 36.6 Å². The van der Waals surface area contributed by atoms with Gasteiger partial charge in [-0.2, -0.15) is 0 Å². The van der Waals surface area contributed by atoms with Crippen molar-refractivity contribution in [3.8, 4) is 0 Å². The van der Waals surface area contributed by atoms with Gasteiger partial charge in [0, 0.05) is 18.1 Å². The van der Waals surface area contributed by atoms with Crippen molar-refractivity contribution in [3.63, 3.8) is 0 Å². The average Bonchev–Trinajstić information content (AvgIpc) is 2.56. The molecule has 1 fully saturated rings. The quantitative estimate of drug-likeness (QED) is 0.729. The van der Waals surface area contributed by atoms with E-state index in [4.69, 9.17) is 0 Å². The summed E-state index contributed by atoms with van der Waals surface area (Å²) in [6.07, 6.45) is 5.38. The zero-order valence-corrected chi connectivity index (χ0v) is 10.2. The van der Waals surface area contributed by atoms with Crippen LogP contribution in [-0.2, 0) is 0 Å². The van der Waals surface area contributed by atoms with Crippen LogP contribution in [0.4, 0.5) is 0 Å². The Morgan fingerprint density at radius 3 is 2.71 bits per heavy atom. The number of nitrogens with one attached hydrogen (secondary N) is 1. The molecule has 0 amide bonds. The van der Waals surface area contributed by atoms with Crippen LogP contribution < -0.4 is 5.32 Å². The zero-order chi connectivity index (χ0) is 10.6. The molecule has 0 aliphatic carbocycles. The third-order valence-corrected chi connectivity index (χ3v) is 3.64. The Hall–Kier alpha value is -0.0800. The Kier molecular flexibility index (Phi) is 4.90. The highest BCUT2D eigenvalue weighted by Gasteiger charge is 2.32. The van der Waals surface area contributed by atoms with Gasteiger partial charge in [0.05, 0.1) is 0 Å². The number of hydrogen-bond acceptors (Lipinski definition) is 2. The third-order valence-electron chi connectivity index (χ3n) is 3.64. The van der Waals surface area contributed by atoms with E-state index in [1.807, 2.05) is 7.05 Å². The number of nitrogens with zero attached hydrogens (tertiary/aromatic N) is 1.